The molecular formula is C18H20ClN3O5S. The number of carbonyl (C=O) groups excluding carboxylic acids is 1. The number of phenolic OH excluding ortho intramolecular Hbond substituents is 1. The van der Waals surface area contributed by atoms with E-state index in [0.717, 1.165) is 16.1 Å². The van der Waals surface area contributed by atoms with Crippen LogP contribution in [-0.4, -0.2) is 45.6 Å². The van der Waals surface area contributed by atoms with Gasteiger partial charge in [-0.25, -0.2) is 13.8 Å². The van der Waals surface area contributed by atoms with Crippen LogP contribution in [0.3, 0.4) is 0 Å². The van der Waals surface area contributed by atoms with Gasteiger partial charge in [0.25, 0.3) is 5.91 Å². The van der Waals surface area contributed by atoms with Crippen molar-refractivity contribution in [3.8, 4) is 11.5 Å². The number of hydrogen-bond donors (Lipinski definition) is 2. The number of carbonyl (C=O) groups is 1. The Morgan fingerprint density at radius 1 is 1.36 bits per heavy atom. The van der Waals surface area contributed by atoms with Gasteiger partial charge >= 0.3 is 0 Å². The van der Waals surface area contributed by atoms with E-state index in [4.69, 9.17) is 16.3 Å². The van der Waals surface area contributed by atoms with Gasteiger partial charge in [0.1, 0.15) is 6.54 Å². The van der Waals surface area contributed by atoms with Gasteiger partial charge < -0.3 is 9.84 Å². The summed E-state index contributed by atoms with van der Waals surface area (Å²) in [5.74, 6) is -0.536. The maximum atomic E-state index is 12.2. The summed E-state index contributed by atoms with van der Waals surface area (Å²) in [5.41, 5.74) is 3.61. The fraction of sp³-hybridized carbons (Fsp3) is 0.222. The number of amides is 1. The van der Waals surface area contributed by atoms with Gasteiger partial charge in [0.05, 0.1) is 25.3 Å². The molecule has 0 bridgehead atoms. The number of methoxy groups -OCH3 is 1. The van der Waals surface area contributed by atoms with Crippen LogP contribution in [0.4, 0.5) is 5.69 Å². The smallest absolute Gasteiger partial charge is 0.260 e. The quantitative estimate of drug-likeness (QED) is 0.522. The second-order valence-electron chi connectivity index (χ2n) is 5.89. The molecule has 0 aliphatic carbocycles. The third-order valence-corrected chi connectivity index (χ3v) is 5.32. The van der Waals surface area contributed by atoms with E-state index < -0.39 is 22.5 Å². The number of para-hydroxylation sites is 1. The fourth-order valence-electron chi connectivity index (χ4n) is 2.28. The Labute approximate surface area is 168 Å². The zero-order valence-corrected chi connectivity index (χ0v) is 17.1. The monoisotopic (exact) mass is 425 g/mol. The zero-order chi connectivity index (χ0) is 20.9. The molecule has 10 heteroatoms. The minimum Gasteiger partial charge on any atom is -0.504 e. The normalized spacial score (nSPS) is 11.4. The summed E-state index contributed by atoms with van der Waals surface area (Å²) in [6.45, 7) is 1.30. The first kappa shape index (κ1) is 21.5. The summed E-state index contributed by atoms with van der Waals surface area (Å²) < 4.78 is 30.1. The Morgan fingerprint density at radius 2 is 2.07 bits per heavy atom. The molecule has 28 heavy (non-hydrogen) atoms. The zero-order valence-electron chi connectivity index (χ0n) is 15.5. The number of ether oxygens (including phenoxy) is 1. The highest BCUT2D eigenvalue weighted by molar-refractivity contribution is 7.92. The van der Waals surface area contributed by atoms with Crippen molar-refractivity contribution in [2.75, 3.05) is 24.2 Å². The lowest BCUT2D eigenvalue weighted by molar-refractivity contribution is -0.119. The van der Waals surface area contributed by atoms with Crippen molar-refractivity contribution in [1.29, 1.82) is 0 Å². The van der Waals surface area contributed by atoms with Crippen LogP contribution in [0, 0.1) is 6.92 Å². The van der Waals surface area contributed by atoms with Crippen LogP contribution in [-0.2, 0) is 14.8 Å². The van der Waals surface area contributed by atoms with Gasteiger partial charge in [-0.1, -0.05) is 23.7 Å². The number of benzene rings is 2. The molecule has 2 aromatic rings. The number of sulfonamides is 1. The highest BCUT2D eigenvalue weighted by Gasteiger charge is 2.21. The molecule has 0 aliphatic heterocycles. The van der Waals surface area contributed by atoms with E-state index in [1.807, 2.05) is 0 Å². The Bertz CT molecular complexity index is 1010. The molecule has 0 fully saturated rings. The van der Waals surface area contributed by atoms with E-state index in [2.05, 4.69) is 10.5 Å². The molecule has 0 spiro atoms. The topological polar surface area (TPSA) is 108 Å². The van der Waals surface area contributed by atoms with Crippen molar-refractivity contribution in [3.63, 3.8) is 0 Å². The van der Waals surface area contributed by atoms with Crippen molar-refractivity contribution in [3.05, 3.63) is 52.5 Å². The number of aromatic hydroxyl groups is 1. The number of rotatable bonds is 7. The first-order valence-electron chi connectivity index (χ1n) is 8.05. The molecule has 0 aliphatic rings. The number of aryl methyl sites for hydroxylation is 1. The fourth-order valence-corrected chi connectivity index (χ4v) is 3.31. The molecule has 0 atom stereocenters. The van der Waals surface area contributed by atoms with Gasteiger partial charge in [0.15, 0.2) is 11.5 Å². The number of hydrazone groups is 1. The molecule has 0 radical (unpaired) electrons. The maximum absolute atomic E-state index is 12.2. The number of nitrogens with one attached hydrogen (secondary N) is 1. The van der Waals surface area contributed by atoms with Crippen molar-refractivity contribution in [1.82, 2.24) is 5.43 Å². The molecule has 2 rings (SSSR count). The highest BCUT2D eigenvalue weighted by atomic mass is 35.5. The van der Waals surface area contributed by atoms with Gasteiger partial charge in [-0.15, -0.1) is 0 Å². The molecule has 8 nitrogen and oxygen atoms in total. The predicted molar refractivity (Wildman–Crippen MR) is 109 cm³/mol. The first-order valence-corrected chi connectivity index (χ1v) is 10.3. The SMILES string of the molecule is COc1cccc(/C=N\NC(=O)CN(c2ccc(C)c(Cl)c2)S(C)(=O)=O)c1O. The van der Waals surface area contributed by atoms with Crippen molar-refractivity contribution in [2.45, 2.75) is 6.92 Å². The van der Waals surface area contributed by atoms with E-state index in [1.54, 1.807) is 37.3 Å². The van der Waals surface area contributed by atoms with Crippen LogP contribution in [0.1, 0.15) is 11.1 Å². The van der Waals surface area contributed by atoms with Crippen LogP contribution in [0.2, 0.25) is 5.02 Å². The van der Waals surface area contributed by atoms with Gasteiger partial charge in [-0.05, 0) is 36.8 Å². The Hall–Kier alpha value is -2.78. The molecule has 0 aromatic heterocycles. The summed E-state index contributed by atoms with van der Waals surface area (Å²) in [6.07, 6.45) is 2.22. The van der Waals surface area contributed by atoms with E-state index in [0.29, 0.717) is 10.6 Å². The first-order chi connectivity index (χ1) is 13.1. The number of phenols is 1. The van der Waals surface area contributed by atoms with Crippen molar-refractivity contribution >= 4 is 39.4 Å². The Balaban J connectivity index is 2.13. The van der Waals surface area contributed by atoms with Crippen LogP contribution < -0.4 is 14.5 Å². The minimum atomic E-state index is -3.73. The third-order valence-electron chi connectivity index (χ3n) is 3.77. The Kier molecular flexibility index (Phi) is 6.87. The molecule has 0 unspecified atom stereocenters. The maximum Gasteiger partial charge on any atom is 0.260 e. The number of nitrogens with zero attached hydrogens (tertiary/aromatic N) is 2. The summed E-state index contributed by atoms with van der Waals surface area (Å²) in [7, 11) is -2.32. The Morgan fingerprint density at radius 3 is 2.68 bits per heavy atom. The molecule has 0 heterocycles. The van der Waals surface area contributed by atoms with E-state index in [9.17, 15) is 18.3 Å². The van der Waals surface area contributed by atoms with Crippen LogP contribution in [0.5, 0.6) is 11.5 Å². The van der Waals surface area contributed by atoms with Crippen LogP contribution in [0.15, 0.2) is 41.5 Å². The lowest BCUT2D eigenvalue weighted by Gasteiger charge is -2.21. The van der Waals surface area contributed by atoms with E-state index >= 15 is 0 Å². The number of halogens is 1. The molecule has 1 amide bonds. The van der Waals surface area contributed by atoms with Gasteiger partial charge in [0, 0.05) is 10.6 Å². The minimum absolute atomic E-state index is 0.130. The van der Waals surface area contributed by atoms with Crippen LogP contribution in [0.25, 0.3) is 0 Å². The average molecular weight is 426 g/mol. The molecular weight excluding hydrogens is 406 g/mol. The lowest BCUT2D eigenvalue weighted by Crippen LogP contribution is -2.39. The van der Waals surface area contributed by atoms with Gasteiger partial charge in [-0.2, -0.15) is 5.10 Å². The largest absolute Gasteiger partial charge is 0.504 e. The lowest BCUT2D eigenvalue weighted by atomic mass is 10.2. The van der Waals surface area contributed by atoms with E-state index in [-0.39, 0.29) is 17.2 Å². The summed E-state index contributed by atoms with van der Waals surface area (Å²) in [5, 5.41) is 14.1. The molecule has 2 N–H and O–H groups in total. The van der Waals surface area contributed by atoms with Crippen molar-refractivity contribution < 1.29 is 23.1 Å². The summed E-state index contributed by atoms with van der Waals surface area (Å²) in [4.78, 5) is 12.2. The number of anilines is 1. The standard InChI is InChI=1S/C18H20ClN3O5S/c1-12-7-8-14(9-15(12)19)22(28(3,25)26)11-17(23)21-20-10-13-5-4-6-16(27-2)18(13)24/h4-10,24H,11H2,1-3H3,(H,21,23)/b20-10-. The average Bonchev–Trinajstić information content (AvgIpc) is 2.62. The molecule has 0 saturated carbocycles. The number of hydrogen-bond acceptors (Lipinski definition) is 6. The summed E-state index contributed by atoms with van der Waals surface area (Å²) in [6, 6.07) is 9.49. The van der Waals surface area contributed by atoms with Crippen LogP contribution >= 0.6 is 11.6 Å². The third kappa shape index (κ3) is 5.37. The summed E-state index contributed by atoms with van der Waals surface area (Å²) >= 11 is 6.06. The second kappa shape index (κ2) is 8.94. The highest BCUT2D eigenvalue weighted by Crippen LogP contribution is 2.28. The molecule has 0 saturated heterocycles. The van der Waals surface area contributed by atoms with Gasteiger partial charge in [-0.3, -0.25) is 9.10 Å². The molecule has 2 aromatic carbocycles. The van der Waals surface area contributed by atoms with Crippen molar-refractivity contribution in [2.24, 2.45) is 5.10 Å². The second-order valence-corrected chi connectivity index (χ2v) is 8.21. The van der Waals surface area contributed by atoms with E-state index in [1.165, 1.54) is 19.4 Å². The molecule has 150 valence electrons. The van der Waals surface area contributed by atoms with Gasteiger partial charge in [0.2, 0.25) is 10.0 Å². The predicted octanol–water partition coefficient (Wildman–Crippen LogP) is 2.28.